The number of hydrogen-bond acceptors (Lipinski definition) is 3. The van der Waals surface area contributed by atoms with Crippen molar-refractivity contribution in [3.05, 3.63) is 0 Å². The van der Waals surface area contributed by atoms with Crippen molar-refractivity contribution in [1.82, 2.24) is 10.2 Å². The molecule has 70 valence electrons. The molecular weight excluding hydrogens is 168 g/mol. The monoisotopic (exact) mass is 186 g/mol. The van der Waals surface area contributed by atoms with Gasteiger partial charge in [-0.3, -0.25) is 4.90 Å². The lowest BCUT2D eigenvalue weighted by Gasteiger charge is -2.22. The molecule has 2 heterocycles. The SMILES string of the molecule is CSC(C)N1C[C@@H]2CCN[C@@H]2C1. The highest BCUT2D eigenvalue weighted by molar-refractivity contribution is 7.99. The van der Waals surface area contributed by atoms with Gasteiger partial charge in [0.25, 0.3) is 0 Å². The van der Waals surface area contributed by atoms with E-state index in [4.69, 9.17) is 0 Å². The van der Waals surface area contributed by atoms with Crippen LogP contribution in [-0.4, -0.2) is 42.2 Å². The lowest BCUT2D eigenvalue weighted by atomic mass is 10.1. The van der Waals surface area contributed by atoms with Crippen LogP contribution in [0.25, 0.3) is 0 Å². The molecule has 2 aliphatic rings. The molecule has 2 fully saturated rings. The Morgan fingerprint density at radius 3 is 3.00 bits per heavy atom. The summed E-state index contributed by atoms with van der Waals surface area (Å²) in [6.07, 6.45) is 3.59. The summed E-state index contributed by atoms with van der Waals surface area (Å²) in [5.41, 5.74) is 0. The minimum atomic E-state index is 0.706. The Bertz CT molecular complexity index is 151. The molecule has 2 nitrogen and oxygen atoms in total. The van der Waals surface area contributed by atoms with Crippen LogP contribution in [0.5, 0.6) is 0 Å². The summed E-state index contributed by atoms with van der Waals surface area (Å²) in [7, 11) is 0. The number of hydrogen-bond donors (Lipinski definition) is 1. The highest BCUT2D eigenvalue weighted by Gasteiger charge is 2.37. The van der Waals surface area contributed by atoms with E-state index in [9.17, 15) is 0 Å². The minimum Gasteiger partial charge on any atom is -0.312 e. The predicted octanol–water partition coefficient (Wildman–Crippen LogP) is 0.989. The topological polar surface area (TPSA) is 15.3 Å². The molecule has 0 aromatic rings. The van der Waals surface area contributed by atoms with Crippen molar-refractivity contribution < 1.29 is 0 Å². The second-order valence-electron chi connectivity index (χ2n) is 3.90. The first-order valence-corrected chi connectivity index (χ1v) is 6.10. The molecule has 3 heteroatoms. The predicted molar refractivity (Wildman–Crippen MR) is 54.4 cm³/mol. The number of likely N-dealkylation sites (tertiary alicyclic amines) is 1. The normalized spacial score (nSPS) is 38.5. The highest BCUT2D eigenvalue weighted by atomic mass is 32.2. The Kier molecular flexibility index (Phi) is 2.63. The van der Waals surface area contributed by atoms with E-state index in [0.29, 0.717) is 5.37 Å². The molecule has 2 rings (SSSR count). The van der Waals surface area contributed by atoms with Crippen molar-refractivity contribution in [3.8, 4) is 0 Å². The summed E-state index contributed by atoms with van der Waals surface area (Å²) < 4.78 is 0. The van der Waals surface area contributed by atoms with Crippen molar-refractivity contribution >= 4 is 11.8 Å². The van der Waals surface area contributed by atoms with Crippen LogP contribution >= 0.6 is 11.8 Å². The maximum Gasteiger partial charge on any atom is 0.0526 e. The Balaban J connectivity index is 1.90. The molecule has 0 aromatic carbocycles. The van der Waals surface area contributed by atoms with Crippen molar-refractivity contribution in [3.63, 3.8) is 0 Å². The third kappa shape index (κ3) is 1.50. The molecule has 0 radical (unpaired) electrons. The number of nitrogens with zero attached hydrogens (tertiary/aromatic N) is 1. The number of fused-ring (bicyclic) bond motifs is 1. The van der Waals surface area contributed by atoms with Gasteiger partial charge < -0.3 is 5.32 Å². The van der Waals surface area contributed by atoms with Gasteiger partial charge in [-0.15, -0.1) is 11.8 Å². The maximum absolute atomic E-state index is 3.58. The maximum atomic E-state index is 3.58. The first-order valence-electron chi connectivity index (χ1n) is 4.81. The second-order valence-corrected chi connectivity index (χ2v) is 5.05. The smallest absolute Gasteiger partial charge is 0.0526 e. The molecule has 1 N–H and O–H groups in total. The summed E-state index contributed by atoms with van der Waals surface area (Å²) in [4.78, 5) is 2.60. The lowest BCUT2D eigenvalue weighted by Crippen LogP contribution is -2.33. The Morgan fingerprint density at radius 1 is 1.50 bits per heavy atom. The number of nitrogens with one attached hydrogen (secondary N) is 1. The molecule has 1 unspecified atom stereocenters. The van der Waals surface area contributed by atoms with Crippen LogP contribution in [0.1, 0.15) is 13.3 Å². The fraction of sp³-hybridized carbons (Fsp3) is 1.00. The fourth-order valence-electron chi connectivity index (χ4n) is 2.33. The summed E-state index contributed by atoms with van der Waals surface area (Å²) in [6, 6.07) is 0.805. The first kappa shape index (κ1) is 8.85. The van der Waals surface area contributed by atoms with E-state index in [-0.39, 0.29) is 0 Å². The average molecular weight is 186 g/mol. The van der Waals surface area contributed by atoms with E-state index >= 15 is 0 Å². The molecule has 0 aromatic heterocycles. The zero-order valence-electron chi connectivity index (χ0n) is 7.92. The molecule has 0 aliphatic carbocycles. The Hall–Kier alpha value is 0.270. The van der Waals surface area contributed by atoms with Gasteiger partial charge in [-0.2, -0.15) is 0 Å². The molecule has 12 heavy (non-hydrogen) atoms. The van der Waals surface area contributed by atoms with Crippen LogP contribution in [0.4, 0.5) is 0 Å². The van der Waals surface area contributed by atoms with Gasteiger partial charge in [0.05, 0.1) is 5.37 Å². The zero-order valence-corrected chi connectivity index (χ0v) is 8.73. The van der Waals surface area contributed by atoms with Crippen LogP contribution in [0, 0.1) is 5.92 Å². The number of rotatable bonds is 2. The third-order valence-corrected chi connectivity index (χ3v) is 4.23. The van der Waals surface area contributed by atoms with Gasteiger partial charge in [0, 0.05) is 19.1 Å². The van der Waals surface area contributed by atoms with Gasteiger partial charge in [0.2, 0.25) is 0 Å². The van der Waals surface area contributed by atoms with Crippen LogP contribution in [0.15, 0.2) is 0 Å². The lowest BCUT2D eigenvalue weighted by molar-refractivity contribution is 0.308. The standard InChI is InChI=1S/C9H18N2S/c1-7(12-2)11-5-8-3-4-10-9(8)6-11/h7-10H,3-6H2,1-2H3/t7?,8-,9+/m0/s1. The van der Waals surface area contributed by atoms with E-state index in [1.54, 1.807) is 0 Å². The van der Waals surface area contributed by atoms with Crippen molar-refractivity contribution in [2.24, 2.45) is 5.92 Å². The van der Waals surface area contributed by atoms with Gasteiger partial charge in [0.1, 0.15) is 0 Å². The van der Waals surface area contributed by atoms with Gasteiger partial charge in [-0.1, -0.05) is 0 Å². The molecule has 2 aliphatic heterocycles. The average Bonchev–Trinajstić information content (AvgIpc) is 2.60. The van der Waals surface area contributed by atoms with Crippen LogP contribution in [-0.2, 0) is 0 Å². The fourth-order valence-corrected chi connectivity index (χ4v) is 2.80. The first-order chi connectivity index (χ1) is 5.81. The molecular formula is C9H18N2S. The Labute approximate surface area is 79.1 Å². The molecule has 0 saturated carbocycles. The van der Waals surface area contributed by atoms with Gasteiger partial charge in [0.15, 0.2) is 0 Å². The van der Waals surface area contributed by atoms with E-state index in [1.165, 1.54) is 26.1 Å². The van der Waals surface area contributed by atoms with Crippen molar-refractivity contribution in [2.75, 3.05) is 25.9 Å². The quantitative estimate of drug-likeness (QED) is 0.692. The van der Waals surface area contributed by atoms with Gasteiger partial charge in [-0.25, -0.2) is 0 Å². The van der Waals surface area contributed by atoms with E-state index in [0.717, 1.165) is 12.0 Å². The molecule has 2 saturated heterocycles. The van der Waals surface area contributed by atoms with E-state index < -0.39 is 0 Å². The number of thioether (sulfide) groups is 1. The van der Waals surface area contributed by atoms with Gasteiger partial charge >= 0.3 is 0 Å². The van der Waals surface area contributed by atoms with Crippen LogP contribution in [0.2, 0.25) is 0 Å². The summed E-state index contributed by atoms with van der Waals surface area (Å²) >= 11 is 1.96. The molecule has 0 bridgehead atoms. The van der Waals surface area contributed by atoms with Crippen LogP contribution in [0.3, 0.4) is 0 Å². The molecule has 3 atom stereocenters. The van der Waals surface area contributed by atoms with E-state index in [1.807, 2.05) is 11.8 Å². The Morgan fingerprint density at radius 2 is 2.33 bits per heavy atom. The minimum absolute atomic E-state index is 0.706. The zero-order chi connectivity index (χ0) is 8.55. The van der Waals surface area contributed by atoms with Crippen molar-refractivity contribution in [2.45, 2.75) is 24.8 Å². The van der Waals surface area contributed by atoms with Crippen molar-refractivity contribution in [1.29, 1.82) is 0 Å². The summed E-state index contributed by atoms with van der Waals surface area (Å²) in [5, 5.41) is 4.28. The third-order valence-electron chi connectivity index (χ3n) is 3.25. The largest absolute Gasteiger partial charge is 0.312 e. The highest BCUT2D eigenvalue weighted by Crippen LogP contribution is 2.28. The summed E-state index contributed by atoms with van der Waals surface area (Å²) in [5.74, 6) is 0.944. The van der Waals surface area contributed by atoms with E-state index in [2.05, 4.69) is 23.4 Å². The second kappa shape index (κ2) is 3.56. The van der Waals surface area contributed by atoms with Gasteiger partial charge in [-0.05, 0) is 32.1 Å². The summed E-state index contributed by atoms with van der Waals surface area (Å²) in [6.45, 7) is 6.15. The molecule has 0 amide bonds. The molecule has 0 spiro atoms. The van der Waals surface area contributed by atoms with Crippen LogP contribution < -0.4 is 5.32 Å².